The molecule has 4 heteroatoms. The third-order valence-corrected chi connectivity index (χ3v) is 5.03. The molecular weight excluding hydrogens is 224 g/mol. The minimum absolute atomic E-state index is 0.666. The first-order valence-corrected chi connectivity index (χ1v) is 7.15. The van der Waals surface area contributed by atoms with Crippen LogP contribution in [0.5, 0.6) is 0 Å². The van der Waals surface area contributed by atoms with Crippen molar-refractivity contribution < 1.29 is 0 Å². The number of hydrogen-bond donors (Lipinski definition) is 1. The van der Waals surface area contributed by atoms with E-state index in [-0.39, 0.29) is 0 Å². The Morgan fingerprint density at radius 2 is 1.72 bits per heavy atom. The molecule has 1 saturated carbocycles. The summed E-state index contributed by atoms with van der Waals surface area (Å²) in [6.45, 7) is 4.27. The summed E-state index contributed by atoms with van der Waals surface area (Å²) in [7, 11) is 2.00. The summed E-state index contributed by atoms with van der Waals surface area (Å²) >= 11 is 0. The highest BCUT2D eigenvalue weighted by atomic mass is 15.4. The summed E-state index contributed by atoms with van der Waals surface area (Å²) < 4.78 is 1.94. The molecule has 1 aromatic rings. The van der Waals surface area contributed by atoms with E-state index in [1.807, 2.05) is 18.7 Å². The number of nitrogens with two attached hydrogens (primary N) is 1. The Labute approximate surface area is 109 Å². The molecule has 1 saturated heterocycles. The Bertz CT molecular complexity index is 433. The van der Waals surface area contributed by atoms with Crippen molar-refractivity contribution in [2.75, 3.05) is 23.7 Å². The molecule has 1 aliphatic heterocycles. The van der Waals surface area contributed by atoms with Gasteiger partial charge in [-0.05, 0) is 38.0 Å². The quantitative estimate of drug-likeness (QED) is 0.830. The van der Waals surface area contributed by atoms with Crippen LogP contribution in [0.15, 0.2) is 0 Å². The molecule has 0 bridgehead atoms. The highest BCUT2D eigenvalue weighted by molar-refractivity contribution is 5.66. The molecule has 2 aliphatic rings. The van der Waals surface area contributed by atoms with Gasteiger partial charge in [0.2, 0.25) is 0 Å². The number of aromatic nitrogens is 2. The van der Waals surface area contributed by atoms with Gasteiger partial charge in [0.15, 0.2) is 0 Å². The van der Waals surface area contributed by atoms with Crippen molar-refractivity contribution in [3.05, 3.63) is 5.69 Å². The van der Waals surface area contributed by atoms with Crippen LogP contribution in [0.1, 0.15) is 44.2 Å². The fraction of sp³-hybridized carbons (Fsp3) is 0.786. The van der Waals surface area contributed by atoms with Crippen LogP contribution in [0, 0.1) is 12.3 Å². The van der Waals surface area contributed by atoms with E-state index in [1.165, 1.54) is 38.5 Å². The van der Waals surface area contributed by atoms with Crippen LogP contribution in [0.3, 0.4) is 0 Å². The lowest BCUT2D eigenvalue weighted by atomic mass is 9.77. The molecule has 0 amide bonds. The van der Waals surface area contributed by atoms with Crippen molar-refractivity contribution in [3.63, 3.8) is 0 Å². The molecule has 0 unspecified atom stereocenters. The Hall–Kier alpha value is -1.19. The van der Waals surface area contributed by atoms with E-state index >= 15 is 0 Å². The Morgan fingerprint density at radius 1 is 1.11 bits per heavy atom. The zero-order chi connectivity index (χ0) is 12.8. The van der Waals surface area contributed by atoms with Gasteiger partial charge in [-0.15, -0.1) is 0 Å². The van der Waals surface area contributed by atoms with Crippen molar-refractivity contribution in [1.29, 1.82) is 0 Å². The second kappa shape index (κ2) is 4.18. The molecule has 1 spiro atoms. The maximum absolute atomic E-state index is 6.15. The van der Waals surface area contributed by atoms with E-state index in [1.54, 1.807) is 0 Å². The number of anilines is 2. The van der Waals surface area contributed by atoms with Gasteiger partial charge in [0, 0.05) is 20.1 Å². The molecule has 2 fully saturated rings. The fourth-order valence-corrected chi connectivity index (χ4v) is 3.86. The number of piperidine rings is 1. The molecule has 3 rings (SSSR count). The van der Waals surface area contributed by atoms with Crippen LogP contribution in [0.4, 0.5) is 11.5 Å². The van der Waals surface area contributed by atoms with Gasteiger partial charge in [-0.1, -0.05) is 12.8 Å². The maximum Gasteiger partial charge on any atom is 0.150 e. The lowest BCUT2D eigenvalue weighted by molar-refractivity contribution is 0.225. The zero-order valence-electron chi connectivity index (χ0n) is 11.6. The van der Waals surface area contributed by atoms with E-state index in [2.05, 4.69) is 10.00 Å². The Morgan fingerprint density at radius 3 is 2.22 bits per heavy atom. The van der Waals surface area contributed by atoms with Crippen LogP contribution in [-0.2, 0) is 7.05 Å². The van der Waals surface area contributed by atoms with Gasteiger partial charge in [-0.25, -0.2) is 0 Å². The summed E-state index contributed by atoms with van der Waals surface area (Å²) in [6, 6.07) is 0. The summed E-state index contributed by atoms with van der Waals surface area (Å²) in [6.07, 6.45) is 8.43. The average Bonchev–Trinajstić information content (AvgIpc) is 2.89. The summed E-state index contributed by atoms with van der Waals surface area (Å²) in [5.41, 5.74) is 8.63. The van der Waals surface area contributed by atoms with E-state index in [4.69, 9.17) is 5.73 Å². The molecule has 0 radical (unpaired) electrons. The Balaban J connectivity index is 1.76. The molecule has 100 valence electrons. The molecular formula is C14H24N4. The first-order chi connectivity index (χ1) is 8.61. The predicted octanol–water partition coefficient (Wildman–Crippen LogP) is 2.47. The zero-order valence-corrected chi connectivity index (χ0v) is 11.6. The lowest BCUT2D eigenvalue weighted by Gasteiger charge is -2.40. The van der Waals surface area contributed by atoms with Crippen LogP contribution in [0.2, 0.25) is 0 Å². The normalized spacial score (nSPS) is 22.9. The van der Waals surface area contributed by atoms with Gasteiger partial charge in [0.25, 0.3) is 0 Å². The number of rotatable bonds is 1. The number of nitrogens with zero attached hydrogens (tertiary/aromatic N) is 3. The standard InChI is InChI=1S/C14H24N4/c1-11-12(15)13(17(2)16-11)18-9-7-14(8-10-18)5-3-4-6-14/h3-10,15H2,1-2H3. The van der Waals surface area contributed by atoms with E-state index in [9.17, 15) is 0 Å². The van der Waals surface area contributed by atoms with Gasteiger partial charge in [0.1, 0.15) is 5.82 Å². The van der Waals surface area contributed by atoms with E-state index < -0.39 is 0 Å². The SMILES string of the molecule is Cc1nn(C)c(N2CCC3(CCCC3)CC2)c1N. The van der Waals surface area contributed by atoms with E-state index in [0.29, 0.717) is 5.41 Å². The molecule has 4 nitrogen and oxygen atoms in total. The number of aryl methyl sites for hydroxylation is 2. The monoisotopic (exact) mass is 248 g/mol. The molecule has 2 N–H and O–H groups in total. The third-order valence-electron chi connectivity index (χ3n) is 5.03. The van der Waals surface area contributed by atoms with Crippen molar-refractivity contribution in [2.45, 2.75) is 45.4 Å². The molecule has 0 atom stereocenters. The van der Waals surface area contributed by atoms with Crippen LogP contribution in [-0.4, -0.2) is 22.9 Å². The lowest BCUT2D eigenvalue weighted by Crippen LogP contribution is -2.40. The highest BCUT2D eigenvalue weighted by Gasteiger charge is 2.37. The van der Waals surface area contributed by atoms with E-state index in [0.717, 1.165) is 30.3 Å². The molecule has 1 aliphatic carbocycles. The Kier molecular flexibility index (Phi) is 2.76. The highest BCUT2D eigenvalue weighted by Crippen LogP contribution is 2.47. The van der Waals surface area contributed by atoms with Gasteiger partial charge < -0.3 is 10.6 Å². The molecule has 1 aromatic heterocycles. The van der Waals surface area contributed by atoms with Crippen molar-refractivity contribution in [2.24, 2.45) is 12.5 Å². The van der Waals surface area contributed by atoms with Gasteiger partial charge >= 0.3 is 0 Å². The second-order valence-corrected chi connectivity index (χ2v) is 6.14. The summed E-state index contributed by atoms with van der Waals surface area (Å²) in [5, 5.41) is 4.42. The van der Waals surface area contributed by atoms with Crippen LogP contribution < -0.4 is 10.6 Å². The maximum atomic E-state index is 6.15. The minimum Gasteiger partial charge on any atom is -0.394 e. The van der Waals surface area contributed by atoms with Crippen molar-refractivity contribution in [3.8, 4) is 0 Å². The largest absolute Gasteiger partial charge is 0.394 e. The van der Waals surface area contributed by atoms with Gasteiger partial charge in [-0.2, -0.15) is 5.10 Å². The van der Waals surface area contributed by atoms with Crippen molar-refractivity contribution >= 4 is 11.5 Å². The van der Waals surface area contributed by atoms with Gasteiger partial charge in [0.05, 0.1) is 11.4 Å². The molecule has 2 heterocycles. The number of hydrogen-bond acceptors (Lipinski definition) is 3. The second-order valence-electron chi connectivity index (χ2n) is 6.14. The van der Waals surface area contributed by atoms with Gasteiger partial charge in [-0.3, -0.25) is 4.68 Å². The summed E-state index contributed by atoms with van der Waals surface area (Å²) in [4.78, 5) is 2.43. The first-order valence-electron chi connectivity index (χ1n) is 7.15. The number of nitrogen functional groups attached to an aromatic ring is 1. The smallest absolute Gasteiger partial charge is 0.150 e. The molecule has 0 aromatic carbocycles. The molecule has 18 heavy (non-hydrogen) atoms. The fourth-order valence-electron chi connectivity index (χ4n) is 3.86. The third kappa shape index (κ3) is 1.78. The average molecular weight is 248 g/mol. The topological polar surface area (TPSA) is 47.1 Å². The van der Waals surface area contributed by atoms with Crippen LogP contribution >= 0.6 is 0 Å². The minimum atomic E-state index is 0.666. The van der Waals surface area contributed by atoms with Crippen molar-refractivity contribution in [1.82, 2.24) is 9.78 Å². The first kappa shape index (κ1) is 11.9. The predicted molar refractivity (Wildman–Crippen MR) is 74.7 cm³/mol. The van der Waals surface area contributed by atoms with Crippen LogP contribution in [0.25, 0.3) is 0 Å². The summed E-state index contributed by atoms with van der Waals surface area (Å²) in [5.74, 6) is 1.13.